The first kappa shape index (κ1) is 13.2. The number of aldehydes is 1. The number of carbonyl (C=O) groups excluding carboxylic acids is 2. The smallest absolute Gasteiger partial charge is 0.316 e. The number of nitrogens with one attached hydrogen (secondary N) is 1. The van der Waals surface area contributed by atoms with Crippen LogP contribution in [0.2, 0.25) is 0 Å². The van der Waals surface area contributed by atoms with Crippen LogP contribution in [-0.2, 0) is 14.3 Å². The van der Waals surface area contributed by atoms with Gasteiger partial charge in [-0.2, -0.15) is 0 Å². The molecule has 0 aromatic carbocycles. The van der Waals surface area contributed by atoms with Gasteiger partial charge in [0.25, 0.3) is 0 Å². The molecule has 0 aromatic rings. The molecule has 2 atom stereocenters. The van der Waals surface area contributed by atoms with E-state index in [1.54, 1.807) is 0 Å². The number of carbonyl (C=O) groups is 2. The van der Waals surface area contributed by atoms with Gasteiger partial charge in [0.15, 0.2) is 0 Å². The average molecular weight is 227 g/mol. The second-order valence-corrected chi connectivity index (χ2v) is 4.29. The van der Waals surface area contributed by atoms with Crippen LogP contribution in [0.15, 0.2) is 0 Å². The molecule has 0 aliphatic carbocycles. The molecule has 0 radical (unpaired) electrons. The van der Waals surface area contributed by atoms with Gasteiger partial charge in [-0.15, -0.1) is 0 Å². The fraction of sp³-hybridized carbons (Fsp3) is 0.833. The fourth-order valence-electron chi connectivity index (χ4n) is 1.90. The summed E-state index contributed by atoms with van der Waals surface area (Å²) >= 11 is 0. The Morgan fingerprint density at radius 1 is 1.62 bits per heavy atom. The Kier molecular flexibility index (Phi) is 6.08. The molecule has 4 nitrogen and oxygen atoms in total. The monoisotopic (exact) mass is 227 g/mol. The molecule has 1 heterocycles. The molecule has 0 amide bonds. The molecule has 92 valence electrons. The van der Waals surface area contributed by atoms with E-state index >= 15 is 0 Å². The van der Waals surface area contributed by atoms with Crippen molar-refractivity contribution in [1.29, 1.82) is 0 Å². The average Bonchev–Trinajstić information content (AvgIpc) is 2.78. The SMILES string of the molecule is CCCCOC(=O)C(C=O)CC1CCCN1. The molecule has 1 rings (SSSR count). The van der Waals surface area contributed by atoms with Crippen molar-refractivity contribution in [2.24, 2.45) is 5.92 Å². The molecular formula is C12H21NO3. The van der Waals surface area contributed by atoms with Gasteiger partial charge in [-0.3, -0.25) is 4.79 Å². The Morgan fingerprint density at radius 2 is 2.44 bits per heavy atom. The Hall–Kier alpha value is -0.900. The summed E-state index contributed by atoms with van der Waals surface area (Å²) in [4.78, 5) is 22.4. The van der Waals surface area contributed by atoms with E-state index in [0.29, 0.717) is 25.4 Å². The lowest BCUT2D eigenvalue weighted by Crippen LogP contribution is -2.29. The van der Waals surface area contributed by atoms with Crippen LogP contribution in [0.5, 0.6) is 0 Å². The summed E-state index contributed by atoms with van der Waals surface area (Å²) in [5, 5.41) is 3.28. The van der Waals surface area contributed by atoms with Gasteiger partial charge in [0.05, 0.1) is 6.61 Å². The van der Waals surface area contributed by atoms with Gasteiger partial charge in [0, 0.05) is 6.04 Å². The van der Waals surface area contributed by atoms with Crippen molar-refractivity contribution in [2.45, 2.75) is 45.1 Å². The topological polar surface area (TPSA) is 55.4 Å². The van der Waals surface area contributed by atoms with Crippen molar-refractivity contribution in [3.05, 3.63) is 0 Å². The van der Waals surface area contributed by atoms with Gasteiger partial charge in [0.1, 0.15) is 12.2 Å². The lowest BCUT2D eigenvalue weighted by atomic mass is 10.0. The van der Waals surface area contributed by atoms with Crippen LogP contribution in [0.25, 0.3) is 0 Å². The van der Waals surface area contributed by atoms with Gasteiger partial charge in [-0.25, -0.2) is 0 Å². The lowest BCUT2D eigenvalue weighted by Gasteiger charge is -2.14. The molecule has 0 spiro atoms. The third-order valence-electron chi connectivity index (χ3n) is 2.91. The number of unbranched alkanes of at least 4 members (excludes halogenated alkanes) is 1. The van der Waals surface area contributed by atoms with Crippen LogP contribution in [0.4, 0.5) is 0 Å². The standard InChI is InChI=1S/C12H21NO3/c1-2-3-7-16-12(15)10(9-14)8-11-5-4-6-13-11/h9-11,13H,2-8H2,1H3. The van der Waals surface area contributed by atoms with Gasteiger partial charge >= 0.3 is 5.97 Å². The number of esters is 1. The van der Waals surface area contributed by atoms with Crippen LogP contribution in [0.3, 0.4) is 0 Å². The van der Waals surface area contributed by atoms with E-state index in [4.69, 9.17) is 4.74 Å². The zero-order chi connectivity index (χ0) is 11.8. The third-order valence-corrected chi connectivity index (χ3v) is 2.91. The quantitative estimate of drug-likeness (QED) is 0.308. The lowest BCUT2D eigenvalue weighted by molar-refractivity contribution is -0.150. The van der Waals surface area contributed by atoms with Crippen LogP contribution in [0.1, 0.15) is 39.0 Å². The Morgan fingerprint density at radius 3 is 3.00 bits per heavy atom. The van der Waals surface area contributed by atoms with Crippen molar-refractivity contribution in [3.63, 3.8) is 0 Å². The highest BCUT2D eigenvalue weighted by molar-refractivity contribution is 5.87. The van der Waals surface area contributed by atoms with Crippen molar-refractivity contribution < 1.29 is 14.3 Å². The van der Waals surface area contributed by atoms with Gasteiger partial charge in [-0.1, -0.05) is 13.3 Å². The predicted molar refractivity (Wildman–Crippen MR) is 61.1 cm³/mol. The second-order valence-electron chi connectivity index (χ2n) is 4.29. The highest BCUT2D eigenvalue weighted by Gasteiger charge is 2.25. The first-order chi connectivity index (χ1) is 7.77. The molecule has 1 N–H and O–H groups in total. The number of rotatable bonds is 7. The van der Waals surface area contributed by atoms with E-state index in [2.05, 4.69) is 5.32 Å². The molecular weight excluding hydrogens is 206 g/mol. The van der Waals surface area contributed by atoms with Crippen LogP contribution < -0.4 is 5.32 Å². The van der Waals surface area contributed by atoms with E-state index in [1.807, 2.05) is 6.92 Å². The molecule has 0 saturated carbocycles. The zero-order valence-corrected chi connectivity index (χ0v) is 9.91. The maximum atomic E-state index is 11.6. The summed E-state index contributed by atoms with van der Waals surface area (Å²) < 4.78 is 5.05. The summed E-state index contributed by atoms with van der Waals surface area (Å²) in [5.41, 5.74) is 0. The van der Waals surface area contributed by atoms with Crippen LogP contribution in [0, 0.1) is 5.92 Å². The minimum absolute atomic E-state index is 0.300. The first-order valence-electron chi connectivity index (χ1n) is 6.13. The van der Waals surface area contributed by atoms with Gasteiger partial charge < -0.3 is 14.8 Å². The molecule has 1 saturated heterocycles. The van der Waals surface area contributed by atoms with E-state index in [0.717, 1.165) is 32.2 Å². The number of hydrogen-bond acceptors (Lipinski definition) is 4. The fourth-order valence-corrected chi connectivity index (χ4v) is 1.90. The summed E-state index contributed by atoms with van der Waals surface area (Å²) in [7, 11) is 0. The predicted octanol–water partition coefficient (Wildman–Crippen LogP) is 1.29. The minimum Gasteiger partial charge on any atom is -0.465 e. The maximum Gasteiger partial charge on any atom is 0.316 e. The summed E-state index contributed by atoms with van der Waals surface area (Å²) in [6.07, 6.45) is 5.32. The van der Waals surface area contributed by atoms with E-state index in [1.165, 1.54) is 0 Å². The molecule has 1 aliphatic heterocycles. The molecule has 16 heavy (non-hydrogen) atoms. The second kappa shape index (κ2) is 7.39. The highest BCUT2D eigenvalue weighted by Crippen LogP contribution is 2.15. The third kappa shape index (κ3) is 4.31. The molecule has 1 aliphatic rings. The Balaban J connectivity index is 2.28. The Labute approximate surface area is 96.7 Å². The molecule has 2 unspecified atom stereocenters. The molecule has 0 bridgehead atoms. The zero-order valence-electron chi connectivity index (χ0n) is 9.91. The summed E-state index contributed by atoms with van der Waals surface area (Å²) in [6, 6.07) is 0.300. The van der Waals surface area contributed by atoms with Crippen molar-refractivity contribution in [3.8, 4) is 0 Å². The normalized spacial score (nSPS) is 21.7. The van der Waals surface area contributed by atoms with Crippen molar-refractivity contribution in [2.75, 3.05) is 13.2 Å². The number of ether oxygens (including phenoxy) is 1. The summed E-state index contributed by atoms with van der Waals surface area (Å²) in [6.45, 7) is 3.45. The Bertz CT molecular complexity index is 224. The summed E-state index contributed by atoms with van der Waals surface area (Å²) in [5.74, 6) is -0.954. The minimum atomic E-state index is -0.590. The molecule has 0 aromatic heterocycles. The number of hydrogen-bond donors (Lipinski definition) is 1. The van der Waals surface area contributed by atoms with Crippen LogP contribution in [-0.4, -0.2) is 31.4 Å². The molecule has 1 fully saturated rings. The van der Waals surface area contributed by atoms with Crippen molar-refractivity contribution in [1.82, 2.24) is 5.32 Å². The van der Waals surface area contributed by atoms with E-state index < -0.39 is 5.92 Å². The molecule has 4 heteroatoms. The largest absolute Gasteiger partial charge is 0.465 e. The maximum absolute atomic E-state index is 11.6. The van der Waals surface area contributed by atoms with Crippen molar-refractivity contribution >= 4 is 12.3 Å². The van der Waals surface area contributed by atoms with Gasteiger partial charge in [-0.05, 0) is 32.2 Å². The van der Waals surface area contributed by atoms with Gasteiger partial charge in [0.2, 0.25) is 0 Å². The van der Waals surface area contributed by atoms with E-state index in [-0.39, 0.29) is 5.97 Å². The van der Waals surface area contributed by atoms with E-state index in [9.17, 15) is 9.59 Å². The first-order valence-corrected chi connectivity index (χ1v) is 6.13. The highest BCUT2D eigenvalue weighted by atomic mass is 16.5. The van der Waals surface area contributed by atoms with Crippen LogP contribution >= 0.6 is 0 Å².